The van der Waals surface area contributed by atoms with Crippen molar-refractivity contribution in [2.45, 2.75) is 24.7 Å². The third-order valence-corrected chi connectivity index (χ3v) is 8.03. The van der Waals surface area contributed by atoms with Crippen molar-refractivity contribution in [2.24, 2.45) is 5.92 Å². The molecule has 1 amide bonds. The first kappa shape index (κ1) is 20.3. The molecule has 9 heteroatoms. The van der Waals surface area contributed by atoms with E-state index in [1.807, 2.05) is 19.1 Å². The molecule has 1 N–H and O–H groups in total. The maximum atomic E-state index is 12.9. The number of carbonyl (C=O) groups is 1. The van der Waals surface area contributed by atoms with Crippen LogP contribution in [0.15, 0.2) is 47.4 Å². The fourth-order valence-electron chi connectivity index (χ4n) is 3.53. The van der Waals surface area contributed by atoms with Crippen LogP contribution in [0.2, 0.25) is 5.02 Å². The number of anilines is 1. The van der Waals surface area contributed by atoms with Gasteiger partial charge in [0, 0.05) is 18.1 Å². The zero-order chi connectivity index (χ0) is 20.6. The van der Waals surface area contributed by atoms with Crippen LogP contribution >= 0.6 is 22.9 Å². The van der Waals surface area contributed by atoms with Gasteiger partial charge in [0.25, 0.3) is 0 Å². The van der Waals surface area contributed by atoms with E-state index in [2.05, 4.69) is 10.3 Å². The molecule has 4 rings (SSSR count). The highest BCUT2D eigenvalue weighted by Gasteiger charge is 2.33. The molecule has 1 saturated heterocycles. The van der Waals surface area contributed by atoms with Gasteiger partial charge in [-0.1, -0.05) is 41.1 Å². The summed E-state index contributed by atoms with van der Waals surface area (Å²) in [5, 5.41) is 3.99. The molecule has 2 heterocycles. The summed E-state index contributed by atoms with van der Waals surface area (Å²) in [6.45, 7) is 2.51. The number of hydrogen-bond acceptors (Lipinski definition) is 5. The van der Waals surface area contributed by atoms with E-state index in [1.165, 1.54) is 15.6 Å². The topological polar surface area (TPSA) is 79.4 Å². The van der Waals surface area contributed by atoms with Crippen LogP contribution in [0.3, 0.4) is 0 Å². The van der Waals surface area contributed by atoms with Crippen molar-refractivity contribution in [3.63, 3.8) is 0 Å². The SMILES string of the molecule is Cc1cc(Cl)cc2sc(NC(=O)C3CCCN(S(=O)(=O)c4ccccc4)C3)nc12. The van der Waals surface area contributed by atoms with E-state index in [1.54, 1.807) is 30.3 Å². The fraction of sp³-hybridized carbons (Fsp3) is 0.300. The number of aryl methyl sites for hydroxylation is 1. The Hall–Kier alpha value is -2.00. The summed E-state index contributed by atoms with van der Waals surface area (Å²) in [6, 6.07) is 12.0. The van der Waals surface area contributed by atoms with E-state index >= 15 is 0 Å². The molecule has 0 saturated carbocycles. The van der Waals surface area contributed by atoms with Gasteiger partial charge in [0.15, 0.2) is 5.13 Å². The minimum atomic E-state index is -3.61. The average molecular weight is 450 g/mol. The number of carbonyl (C=O) groups excluding carboxylic acids is 1. The van der Waals surface area contributed by atoms with Crippen LogP contribution < -0.4 is 5.32 Å². The summed E-state index contributed by atoms with van der Waals surface area (Å²) >= 11 is 7.46. The monoisotopic (exact) mass is 449 g/mol. The second-order valence-electron chi connectivity index (χ2n) is 7.09. The summed E-state index contributed by atoms with van der Waals surface area (Å²) in [5.41, 5.74) is 1.76. The number of rotatable bonds is 4. The third kappa shape index (κ3) is 4.16. The molecule has 152 valence electrons. The molecule has 1 aliphatic rings. The number of nitrogens with one attached hydrogen (secondary N) is 1. The van der Waals surface area contributed by atoms with Gasteiger partial charge in [0.05, 0.1) is 21.0 Å². The van der Waals surface area contributed by atoms with E-state index in [0.717, 1.165) is 15.8 Å². The Balaban J connectivity index is 1.50. The molecular weight excluding hydrogens is 430 g/mol. The van der Waals surface area contributed by atoms with Gasteiger partial charge in [-0.25, -0.2) is 13.4 Å². The molecule has 0 spiro atoms. The molecule has 2 aromatic carbocycles. The maximum absolute atomic E-state index is 12.9. The summed E-state index contributed by atoms with van der Waals surface area (Å²) in [6.07, 6.45) is 1.28. The van der Waals surface area contributed by atoms with Crippen molar-refractivity contribution in [1.29, 1.82) is 0 Å². The van der Waals surface area contributed by atoms with Crippen LogP contribution in [-0.2, 0) is 14.8 Å². The number of nitrogens with zero attached hydrogens (tertiary/aromatic N) is 2. The van der Waals surface area contributed by atoms with Gasteiger partial charge in [0.1, 0.15) is 0 Å². The predicted molar refractivity (Wildman–Crippen MR) is 116 cm³/mol. The number of sulfonamides is 1. The highest BCUT2D eigenvalue weighted by Crippen LogP contribution is 2.32. The van der Waals surface area contributed by atoms with Gasteiger partial charge in [-0.15, -0.1) is 0 Å². The fourth-order valence-corrected chi connectivity index (χ4v) is 6.40. The van der Waals surface area contributed by atoms with E-state index in [9.17, 15) is 13.2 Å². The lowest BCUT2D eigenvalue weighted by atomic mass is 9.99. The smallest absolute Gasteiger partial charge is 0.243 e. The number of fused-ring (bicyclic) bond motifs is 1. The largest absolute Gasteiger partial charge is 0.302 e. The van der Waals surface area contributed by atoms with Gasteiger partial charge >= 0.3 is 0 Å². The van der Waals surface area contributed by atoms with Crippen molar-refractivity contribution in [1.82, 2.24) is 9.29 Å². The van der Waals surface area contributed by atoms with Crippen LogP contribution in [0.5, 0.6) is 0 Å². The second kappa shape index (κ2) is 8.02. The van der Waals surface area contributed by atoms with E-state index in [-0.39, 0.29) is 17.3 Å². The Morgan fingerprint density at radius 3 is 2.79 bits per heavy atom. The van der Waals surface area contributed by atoms with Crippen molar-refractivity contribution < 1.29 is 13.2 Å². The van der Waals surface area contributed by atoms with Crippen molar-refractivity contribution in [3.05, 3.63) is 53.1 Å². The molecule has 1 atom stereocenters. The van der Waals surface area contributed by atoms with Crippen LogP contribution in [0.1, 0.15) is 18.4 Å². The highest BCUT2D eigenvalue weighted by atomic mass is 35.5. The first-order valence-electron chi connectivity index (χ1n) is 9.27. The third-order valence-electron chi connectivity index (χ3n) is 5.02. The predicted octanol–water partition coefficient (Wildman–Crippen LogP) is 4.30. The molecule has 1 unspecified atom stereocenters. The average Bonchev–Trinajstić information content (AvgIpc) is 3.11. The Bertz CT molecular complexity index is 1160. The standard InChI is InChI=1S/C20H20ClN3O3S2/c1-13-10-15(21)11-17-18(13)22-20(28-17)23-19(25)14-6-5-9-24(12-14)29(26,27)16-7-3-2-4-8-16/h2-4,7-8,10-11,14H,5-6,9,12H2,1H3,(H,22,23,25). The number of hydrogen-bond donors (Lipinski definition) is 1. The lowest BCUT2D eigenvalue weighted by Crippen LogP contribution is -2.43. The number of aromatic nitrogens is 1. The number of amides is 1. The molecule has 6 nitrogen and oxygen atoms in total. The zero-order valence-corrected chi connectivity index (χ0v) is 18.1. The van der Waals surface area contributed by atoms with Gasteiger partial charge in [-0.3, -0.25) is 4.79 Å². The molecule has 29 heavy (non-hydrogen) atoms. The van der Waals surface area contributed by atoms with Crippen LogP contribution in [0.25, 0.3) is 10.2 Å². The summed E-state index contributed by atoms with van der Waals surface area (Å²) in [4.78, 5) is 17.6. The van der Waals surface area contributed by atoms with Crippen LogP contribution in [0, 0.1) is 12.8 Å². The van der Waals surface area contributed by atoms with Gasteiger partial charge in [0.2, 0.25) is 15.9 Å². The summed E-state index contributed by atoms with van der Waals surface area (Å²) in [7, 11) is -3.61. The van der Waals surface area contributed by atoms with E-state index in [4.69, 9.17) is 11.6 Å². The van der Waals surface area contributed by atoms with Crippen molar-refractivity contribution in [3.8, 4) is 0 Å². The minimum Gasteiger partial charge on any atom is -0.302 e. The molecule has 3 aromatic rings. The Kier molecular flexibility index (Phi) is 5.61. The van der Waals surface area contributed by atoms with Crippen molar-refractivity contribution >= 4 is 54.2 Å². The molecule has 1 aromatic heterocycles. The van der Waals surface area contributed by atoms with Gasteiger partial charge < -0.3 is 5.32 Å². The molecule has 0 bridgehead atoms. The van der Waals surface area contributed by atoms with E-state index in [0.29, 0.717) is 29.5 Å². The molecular formula is C20H20ClN3O3S2. The highest BCUT2D eigenvalue weighted by molar-refractivity contribution is 7.89. The van der Waals surface area contributed by atoms with E-state index < -0.39 is 15.9 Å². The van der Waals surface area contributed by atoms with Gasteiger partial charge in [-0.05, 0) is 49.6 Å². The first-order valence-corrected chi connectivity index (χ1v) is 11.9. The molecule has 1 fully saturated rings. The van der Waals surface area contributed by atoms with Crippen molar-refractivity contribution in [2.75, 3.05) is 18.4 Å². The zero-order valence-electron chi connectivity index (χ0n) is 15.8. The Morgan fingerprint density at radius 2 is 2.03 bits per heavy atom. The lowest BCUT2D eigenvalue weighted by molar-refractivity contribution is -0.120. The van der Waals surface area contributed by atoms with Crippen LogP contribution in [0.4, 0.5) is 5.13 Å². The molecule has 0 aliphatic carbocycles. The number of halogens is 1. The summed E-state index contributed by atoms with van der Waals surface area (Å²) < 4.78 is 28.0. The quantitative estimate of drug-likeness (QED) is 0.644. The molecule has 1 aliphatic heterocycles. The second-order valence-corrected chi connectivity index (χ2v) is 10.5. The number of piperidine rings is 1. The summed E-state index contributed by atoms with van der Waals surface area (Å²) in [5.74, 6) is -0.625. The lowest BCUT2D eigenvalue weighted by Gasteiger charge is -2.31. The van der Waals surface area contributed by atoms with Crippen LogP contribution in [-0.4, -0.2) is 36.7 Å². The number of thiazole rings is 1. The molecule has 0 radical (unpaired) electrons. The Labute approximate surface area is 178 Å². The maximum Gasteiger partial charge on any atom is 0.243 e. The number of benzene rings is 2. The normalized spacial score (nSPS) is 18.1. The minimum absolute atomic E-state index is 0.165. The first-order chi connectivity index (χ1) is 13.8. The Morgan fingerprint density at radius 1 is 1.28 bits per heavy atom. The van der Waals surface area contributed by atoms with Gasteiger partial charge in [-0.2, -0.15) is 4.31 Å².